The Bertz CT molecular complexity index is 318. The Morgan fingerprint density at radius 2 is 2.56 bits per heavy atom. The fraction of sp³-hybridized carbons (Fsp3) is 0.750. The molecule has 2 rings (SSSR count). The molecule has 0 aliphatic carbocycles. The Hall–Kier alpha value is -0.480. The molecule has 1 aliphatic rings. The van der Waals surface area contributed by atoms with Crippen LogP contribution >= 0.6 is 11.8 Å². The zero-order valence-corrected chi connectivity index (χ0v) is 11.0. The van der Waals surface area contributed by atoms with Gasteiger partial charge in [0.2, 0.25) is 0 Å². The molecule has 2 atom stereocenters. The minimum absolute atomic E-state index is 0.427. The van der Waals surface area contributed by atoms with Gasteiger partial charge in [0.1, 0.15) is 5.82 Å². The highest BCUT2D eigenvalue weighted by atomic mass is 32.2. The van der Waals surface area contributed by atoms with Gasteiger partial charge < -0.3 is 9.88 Å². The van der Waals surface area contributed by atoms with E-state index in [-0.39, 0.29) is 0 Å². The summed E-state index contributed by atoms with van der Waals surface area (Å²) in [4.78, 5) is 4.54. The number of thioether (sulfide) groups is 1. The quantitative estimate of drug-likeness (QED) is 0.855. The molecule has 2 heterocycles. The smallest absolute Gasteiger partial charge is 0.126 e. The summed E-state index contributed by atoms with van der Waals surface area (Å²) >= 11 is 2.07. The first-order valence-corrected chi connectivity index (χ1v) is 7.28. The van der Waals surface area contributed by atoms with Gasteiger partial charge in [-0.15, -0.1) is 0 Å². The van der Waals surface area contributed by atoms with E-state index in [1.807, 2.05) is 6.20 Å². The van der Waals surface area contributed by atoms with E-state index < -0.39 is 0 Å². The Morgan fingerprint density at radius 3 is 3.19 bits per heavy atom. The Morgan fingerprint density at radius 1 is 1.69 bits per heavy atom. The van der Waals surface area contributed by atoms with Gasteiger partial charge >= 0.3 is 0 Å². The van der Waals surface area contributed by atoms with E-state index in [9.17, 15) is 0 Å². The number of nitrogens with zero attached hydrogens (tertiary/aromatic N) is 2. The Labute approximate surface area is 102 Å². The molecule has 16 heavy (non-hydrogen) atoms. The largest absolute Gasteiger partial charge is 0.334 e. The average Bonchev–Trinajstić information content (AvgIpc) is 2.92. The first-order chi connectivity index (χ1) is 7.86. The van der Waals surface area contributed by atoms with E-state index in [2.05, 4.69) is 46.8 Å². The van der Waals surface area contributed by atoms with Gasteiger partial charge in [0.05, 0.1) is 6.04 Å². The summed E-state index contributed by atoms with van der Waals surface area (Å²) in [5, 5.41) is 3.45. The van der Waals surface area contributed by atoms with Crippen molar-refractivity contribution in [2.24, 2.45) is 5.92 Å². The monoisotopic (exact) mass is 239 g/mol. The molecule has 0 amide bonds. The van der Waals surface area contributed by atoms with E-state index >= 15 is 0 Å². The molecule has 1 saturated heterocycles. The molecule has 0 bridgehead atoms. The molecule has 0 saturated carbocycles. The summed E-state index contributed by atoms with van der Waals surface area (Å²) in [7, 11) is 2.05. The van der Waals surface area contributed by atoms with Crippen LogP contribution in [0, 0.1) is 5.92 Å². The second-order valence-corrected chi connectivity index (χ2v) is 5.52. The first kappa shape index (κ1) is 12.0. The minimum Gasteiger partial charge on any atom is -0.334 e. The van der Waals surface area contributed by atoms with Crippen molar-refractivity contribution in [3.8, 4) is 0 Å². The lowest BCUT2D eigenvalue weighted by Gasteiger charge is -2.22. The Balaban J connectivity index is 2.15. The molecule has 0 radical (unpaired) electrons. The van der Waals surface area contributed by atoms with Crippen LogP contribution in [-0.4, -0.2) is 28.1 Å². The van der Waals surface area contributed by atoms with Crippen molar-refractivity contribution in [3.63, 3.8) is 0 Å². The molecule has 1 fully saturated rings. The predicted octanol–water partition coefficient (Wildman–Crippen LogP) is 2.31. The summed E-state index contributed by atoms with van der Waals surface area (Å²) in [5.74, 6) is 4.53. The van der Waals surface area contributed by atoms with Crippen molar-refractivity contribution in [2.45, 2.75) is 32.4 Å². The number of hydrogen-bond donors (Lipinski definition) is 1. The van der Waals surface area contributed by atoms with Crippen LogP contribution < -0.4 is 5.32 Å². The molecule has 0 spiro atoms. The fourth-order valence-electron chi connectivity index (χ4n) is 2.42. The van der Waals surface area contributed by atoms with Gasteiger partial charge in [-0.3, -0.25) is 0 Å². The molecule has 1 aromatic rings. The molecule has 2 unspecified atom stereocenters. The number of aromatic nitrogens is 2. The van der Waals surface area contributed by atoms with Crippen LogP contribution in [0.2, 0.25) is 0 Å². The van der Waals surface area contributed by atoms with E-state index in [4.69, 9.17) is 0 Å². The predicted molar refractivity (Wildman–Crippen MR) is 69.8 cm³/mol. The maximum Gasteiger partial charge on any atom is 0.126 e. The number of rotatable bonds is 5. The van der Waals surface area contributed by atoms with E-state index in [1.54, 1.807) is 0 Å². The zero-order valence-electron chi connectivity index (χ0n) is 10.1. The lowest BCUT2D eigenvalue weighted by molar-refractivity contribution is 0.386. The van der Waals surface area contributed by atoms with Crippen molar-refractivity contribution >= 4 is 11.8 Å². The van der Waals surface area contributed by atoms with Gasteiger partial charge in [0, 0.05) is 18.9 Å². The van der Waals surface area contributed by atoms with Crippen LogP contribution in [0.15, 0.2) is 12.4 Å². The third kappa shape index (κ3) is 2.43. The number of hydrogen-bond acceptors (Lipinski definition) is 3. The van der Waals surface area contributed by atoms with Crippen LogP contribution in [0.4, 0.5) is 0 Å². The van der Waals surface area contributed by atoms with E-state index in [1.165, 1.54) is 30.2 Å². The molecule has 90 valence electrons. The molecule has 1 aromatic heterocycles. The van der Waals surface area contributed by atoms with Crippen molar-refractivity contribution in [2.75, 3.05) is 18.6 Å². The third-order valence-electron chi connectivity index (χ3n) is 3.24. The van der Waals surface area contributed by atoms with E-state index in [0.717, 1.165) is 12.5 Å². The number of aryl methyl sites for hydroxylation is 1. The first-order valence-electron chi connectivity index (χ1n) is 6.12. The fourth-order valence-corrected chi connectivity index (χ4v) is 3.72. The third-order valence-corrected chi connectivity index (χ3v) is 4.43. The molecule has 1 aliphatic heterocycles. The van der Waals surface area contributed by atoms with Crippen LogP contribution in [0.25, 0.3) is 0 Å². The second kappa shape index (κ2) is 5.73. The highest BCUT2D eigenvalue weighted by Crippen LogP contribution is 2.33. The SMILES string of the molecule is CCCn1ccnc1C(NC)C1CCSC1. The molecule has 4 heteroatoms. The second-order valence-electron chi connectivity index (χ2n) is 4.37. The Kier molecular flexibility index (Phi) is 4.29. The van der Waals surface area contributed by atoms with Crippen LogP contribution in [0.5, 0.6) is 0 Å². The lowest BCUT2D eigenvalue weighted by Crippen LogP contribution is -2.28. The normalized spacial score (nSPS) is 22.5. The topological polar surface area (TPSA) is 29.9 Å². The van der Waals surface area contributed by atoms with E-state index in [0.29, 0.717) is 6.04 Å². The number of imidazole rings is 1. The van der Waals surface area contributed by atoms with Gasteiger partial charge in [-0.1, -0.05) is 6.92 Å². The van der Waals surface area contributed by atoms with Crippen molar-refractivity contribution in [1.82, 2.24) is 14.9 Å². The lowest BCUT2D eigenvalue weighted by atomic mass is 9.98. The zero-order chi connectivity index (χ0) is 11.4. The highest BCUT2D eigenvalue weighted by Gasteiger charge is 2.28. The average molecular weight is 239 g/mol. The molecule has 3 nitrogen and oxygen atoms in total. The summed E-state index contributed by atoms with van der Waals surface area (Å²) in [6, 6.07) is 0.427. The van der Waals surface area contributed by atoms with Gasteiger partial charge in [-0.2, -0.15) is 11.8 Å². The molecular weight excluding hydrogens is 218 g/mol. The maximum atomic E-state index is 4.54. The van der Waals surface area contributed by atoms with Crippen molar-refractivity contribution in [3.05, 3.63) is 18.2 Å². The van der Waals surface area contributed by atoms with Gasteiger partial charge in [0.15, 0.2) is 0 Å². The maximum absolute atomic E-state index is 4.54. The number of nitrogens with one attached hydrogen (secondary N) is 1. The van der Waals surface area contributed by atoms with Gasteiger partial charge in [0.25, 0.3) is 0 Å². The summed E-state index contributed by atoms with van der Waals surface area (Å²) in [5.41, 5.74) is 0. The van der Waals surface area contributed by atoms with Gasteiger partial charge in [-0.25, -0.2) is 4.98 Å². The van der Waals surface area contributed by atoms with Crippen LogP contribution in [-0.2, 0) is 6.54 Å². The van der Waals surface area contributed by atoms with Crippen molar-refractivity contribution in [1.29, 1.82) is 0 Å². The standard InChI is InChI=1S/C12H21N3S/c1-3-6-15-7-5-14-12(15)11(13-2)10-4-8-16-9-10/h5,7,10-11,13H,3-4,6,8-9H2,1-2H3. The summed E-state index contributed by atoms with van der Waals surface area (Å²) in [6.45, 7) is 3.29. The van der Waals surface area contributed by atoms with Crippen LogP contribution in [0.3, 0.4) is 0 Å². The van der Waals surface area contributed by atoms with Gasteiger partial charge in [-0.05, 0) is 37.3 Å². The molecule has 0 aromatic carbocycles. The highest BCUT2D eigenvalue weighted by molar-refractivity contribution is 7.99. The summed E-state index contributed by atoms with van der Waals surface area (Å²) in [6.07, 6.45) is 6.51. The minimum atomic E-state index is 0.427. The summed E-state index contributed by atoms with van der Waals surface area (Å²) < 4.78 is 2.30. The van der Waals surface area contributed by atoms with Crippen LogP contribution in [0.1, 0.15) is 31.6 Å². The molecular formula is C12H21N3S. The van der Waals surface area contributed by atoms with Crippen molar-refractivity contribution < 1.29 is 0 Å². The molecule has 1 N–H and O–H groups in total.